The summed E-state index contributed by atoms with van der Waals surface area (Å²) in [5.74, 6) is 0.797. The molecule has 0 saturated heterocycles. The molecule has 0 aliphatic carbocycles. The predicted octanol–water partition coefficient (Wildman–Crippen LogP) is 5.52. The first kappa shape index (κ1) is 14.5. The van der Waals surface area contributed by atoms with Gasteiger partial charge in [-0.05, 0) is 65.2 Å². The van der Waals surface area contributed by atoms with Gasteiger partial charge in [0.25, 0.3) is 0 Å². The Bertz CT molecular complexity index is 831. The first-order chi connectivity index (χ1) is 10.0. The summed E-state index contributed by atoms with van der Waals surface area (Å²) in [6, 6.07) is 10.3. The molecule has 0 aliphatic rings. The highest BCUT2D eigenvalue weighted by Gasteiger charge is 2.08. The molecule has 0 radical (unpaired) electrons. The van der Waals surface area contributed by atoms with E-state index in [2.05, 4.69) is 79.2 Å². The third kappa shape index (κ3) is 2.94. The monoisotopic (exact) mass is 405 g/mol. The number of halogens is 2. The van der Waals surface area contributed by atoms with Crippen LogP contribution in [0.25, 0.3) is 10.9 Å². The number of fused-ring (bicyclic) bond motifs is 1. The van der Waals surface area contributed by atoms with Gasteiger partial charge in [0.05, 0.1) is 5.52 Å². The van der Waals surface area contributed by atoms with Crippen molar-refractivity contribution in [2.24, 2.45) is 0 Å². The number of hydrogen-bond donors (Lipinski definition) is 1. The van der Waals surface area contributed by atoms with Crippen LogP contribution in [-0.4, -0.2) is 9.97 Å². The van der Waals surface area contributed by atoms with Crippen molar-refractivity contribution in [3.63, 3.8) is 0 Å². The summed E-state index contributed by atoms with van der Waals surface area (Å²) in [7, 11) is 0. The Balaban J connectivity index is 2.10. The van der Waals surface area contributed by atoms with E-state index >= 15 is 0 Å². The zero-order valence-electron chi connectivity index (χ0n) is 11.6. The SMILES string of the molecule is Cc1ccc(Nc2ncnc3c(Br)cc(Br)cc23)cc1C. The minimum Gasteiger partial charge on any atom is -0.340 e. The summed E-state index contributed by atoms with van der Waals surface area (Å²) in [6.45, 7) is 4.21. The summed E-state index contributed by atoms with van der Waals surface area (Å²) < 4.78 is 1.93. The van der Waals surface area contributed by atoms with Crippen LogP contribution in [0.2, 0.25) is 0 Å². The highest BCUT2D eigenvalue weighted by molar-refractivity contribution is 9.11. The molecule has 3 rings (SSSR count). The van der Waals surface area contributed by atoms with Gasteiger partial charge in [-0.2, -0.15) is 0 Å². The van der Waals surface area contributed by atoms with Crippen molar-refractivity contribution in [2.75, 3.05) is 5.32 Å². The van der Waals surface area contributed by atoms with Gasteiger partial charge >= 0.3 is 0 Å². The molecular weight excluding hydrogens is 394 g/mol. The Morgan fingerprint density at radius 1 is 0.952 bits per heavy atom. The van der Waals surface area contributed by atoms with Crippen LogP contribution in [-0.2, 0) is 0 Å². The zero-order chi connectivity index (χ0) is 15.0. The lowest BCUT2D eigenvalue weighted by atomic mass is 10.1. The first-order valence-corrected chi connectivity index (χ1v) is 8.07. The van der Waals surface area contributed by atoms with E-state index in [1.165, 1.54) is 11.1 Å². The zero-order valence-corrected chi connectivity index (χ0v) is 14.8. The van der Waals surface area contributed by atoms with E-state index in [0.717, 1.165) is 31.4 Å². The van der Waals surface area contributed by atoms with Gasteiger partial charge in [0, 0.05) is 20.0 Å². The molecule has 2 aromatic carbocycles. The van der Waals surface area contributed by atoms with E-state index in [1.807, 2.05) is 12.1 Å². The summed E-state index contributed by atoms with van der Waals surface area (Å²) in [5, 5.41) is 4.35. The fourth-order valence-electron chi connectivity index (χ4n) is 2.15. The van der Waals surface area contributed by atoms with Gasteiger partial charge in [0.2, 0.25) is 0 Å². The lowest BCUT2D eigenvalue weighted by molar-refractivity contribution is 1.21. The normalized spacial score (nSPS) is 10.9. The Kier molecular flexibility index (Phi) is 3.95. The van der Waals surface area contributed by atoms with Gasteiger partial charge < -0.3 is 5.32 Å². The van der Waals surface area contributed by atoms with Crippen molar-refractivity contribution < 1.29 is 0 Å². The van der Waals surface area contributed by atoms with Crippen LogP contribution in [0.5, 0.6) is 0 Å². The van der Waals surface area contributed by atoms with Crippen molar-refractivity contribution in [2.45, 2.75) is 13.8 Å². The molecule has 0 amide bonds. The highest BCUT2D eigenvalue weighted by atomic mass is 79.9. The van der Waals surface area contributed by atoms with E-state index in [0.29, 0.717) is 0 Å². The maximum absolute atomic E-state index is 4.37. The average Bonchev–Trinajstić information content (AvgIpc) is 2.44. The number of nitrogens with one attached hydrogen (secondary N) is 1. The molecular formula is C16H13Br2N3. The standard InChI is InChI=1S/C16H13Br2N3/c1-9-3-4-12(5-10(9)2)21-16-13-6-11(17)7-14(18)15(13)19-8-20-16/h3-8H,1-2H3,(H,19,20,21). The molecule has 1 heterocycles. The van der Waals surface area contributed by atoms with Crippen molar-refractivity contribution >= 4 is 54.3 Å². The maximum Gasteiger partial charge on any atom is 0.141 e. The van der Waals surface area contributed by atoms with E-state index in [-0.39, 0.29) is 0 Å². The second-order valence-electron chi connectivity index (χ2n) is 4.93. The molecule has 0 aliphatic heterocycles. The van der Waals surface area contributed by atoms with E-state index in [1.54, 1.807) is 6.33 Å². The van der Waals surface area contributed by atoms with Crippen LogP contribution < -0.4 is 5.32 Å². The van der Waals surface area contributed by atoms with Gasteiger partial charge in [0.1, 0.15) is 12.1 Å². The molecule has 106 valence electrons. The first-order valence-electron chi connectivity index (χ1n) is 6.48. The van der Waals surface area contributed by atoms with Gasteiger partial charge in [-0.15, -0.1) is 0 Å². The number of aryl methyl sites for hydroxylation is 2. The molecule has 3 nitrogen and oxygen atoms in total. The van der Waals surface area contributed by atoms with Crippen molar-refractivity contribution in [3.8, 4) is 0 Å². The smallest absolute Gasteiger partial charge is 0.141 e. The third-order valence-electron chi connectivity index (χ3n) is 3.43. The molecule has 0 unspecified atom stereocenters. The van der Waals surface area contributed by atoms with Crippen LogP contribution in [0, 0.1) is 13.8 Å². The van der Waals surface area contributed by atoms with Crippen LogP contribution in [0.1, 0.15) is 11.1 Å². The quantitative estimate of drug-likeness (QED) is 0.609. The number of hydrogen-bond acceptors (Lipinski definition) is 3. The van der Waals surface area contributed by atoms with Gasteiger partial charge in [-0.3, -0.25) is 0 Å². The molecule has 1 N–H and O–H groups in total. The van der Waals surface area contributed by atoms with Gasteiger partial charge in [-0.25, -0.2) is 9.97 Å². The van der Waals surface area contributed by atoms with E-state index < -0.39 is 0 Å². The Labute approximate surface area is 140 Å². The molecule has 3 aromatic rings. The van der Waals surface area contributed by atoms with Gasteiger partial charge in [0.15, 0.2) is 0 Å². The Morgan fingerprint density at radius 3 is 2.52 bits per heavy atom. The lowest BCUT2D eigenvalue weighted by Crippen LogP contribution is -1.97. The van der Waals surface area contributed by atoms with E-state index in [4.69, 9.17) is 0 Å². The topological polar surface area (TPSA) is 37.8 Å². The van der Waals surface area contributed by atoms with Crippen LogP contribution in [0.15, 0.2) is 45.6 Å². The Morgan fingerprint density at radius 2 is 1.76 bits per heavy atom. The largest absolute Gasteiger partial charge is 0.340 e. The predicted molar refractivity (Wildman–Crippen MR) is 94.1 cm³/mol. The fourth-order valence-corrected chi connectivity index (χ4v) is 3.47. The second kappa shape index (κ2) is 5.73. The van der Waals surface area contributed by atoms with Crippen molar-refractivity contribution in [1.82, 2.24) is 9.97 Å². The Hall–Kier alpha value is -1.46. The third-order valence-corrected chi connectivity index (χ3v) is 4.49. The minimum atomic E-state index is 0.797. The average molecular weight is 407 g/mol. The van der Waals surface area contributed by atoms with E-state index in [9.17, 15) is 0 Å². The molecule has 0 bridgehead atoms. The molecule has 0 spiro atoms. The lowest BCUT2D eigenvalue weighted by Gasteiger charge is -2.11. The molecule has 1 aromatic heterocycles. The summed E-state index contributed by atoms with van der Waals surface area (Å²) in [4.78, 5) is 8.71. The number of nitrogens with zero attached hydrogens (tertiary/aromatic N) is 2. The number of anilines is 2. The number of aromatic nitrogens is 2. The molecule has 5 heteroatoms. The fraction of sp³-hybridized carbons (Fsp3) is 0.125. The van der Waals surface area contributed by atoms with Crippen molar-refractivity contribution in [1.29, 1.82) is 0 Å². The second-order valence-corrected chi connectivity index (χ2v) is 6.70. The summed E-state index contributed by atoms with van der Waals surface area (Å²) >= 11 is 7.05. The van der Waals surface area contributed by atoms with Crippen molar-refractivity contribution in [3.05, 3.63) is 56.7 Å². The van der Waals surface area contributed by atoms with Crippen LogP contribution in [0.4, 0.5) is 11.5 Å². The molecule has 0 fully saturated rings. The summed E-state index contributed by atoms with van der Waals surface area (Å²) in [6.07, 6.45) is 1.57. The number of rotatable bonds is 2. The summed E-state index contributed by atoms with van der Waals surface area (Å²) in [5.41, 5.74) is 4.44. The van der Waals surface area contributed by atoms with Crippen LogP contribution in [0.3, 0.4) is 0 Å². The maximum atomic E-state index is 4.37. The molecule has 0 atom stereocenters. The molecule has 21 heavy (non-hydrogen) atoms. The van der Waals surface area contributed by atoms with Crippen LogP contribution >= 0.6 is 31.9 Å². The minimum absolute atomic E-state index is 0.797. The van der Waals surface area contributed by atoms with Gasteiger partial charge in [-0.1, -0.05) is 22.0 Å². The molecule has 0 saturated carbocycles. The highest BCUT2D eigenvalue weighted by Crippen LogP contribution is 2.31. The number of benzene rings is 2.